The summed E-state index contributed by atoms with van der Waals surface area (Å²) in [5, 5.41) is 13.5. The molecular formula is C22H28N6O. The smallest absolute Gasteiger partial charge is 0.194 e. The van der Waals surface area contributed by atoms with Crippen LogP contribution in [0.25, 0.3) is 5.65 Å². The molecule has 152 valence electrons. The number of guanidine groups is 1. The summed E-state index contributed by atoms with van der Waals surface area (Å²) in [6, 6.07) is 13.6. The van der Waals surface area contributed by atoms with E-state index in [1.54, 1.807) is 6.07 Å². The molecule has 1 aromatic carbocycles. The number of phenolic OH excluding ortho intramolecular Hbond substituents is 1. The zero-order valence-electron chi connectivity index (χ0n) is 17.0. The van der Waals surface area contributed by atoms with Crippen molar-refractivity contribution in [1.82, 2.24) is 19.6 Å². The van der Waals surface area contributed by atoms with Crippen LogP contribution >= 0.6 is 0 Å². The first-order valence-electron chi connectivity index (χ1n) is 10.2. The van der Waals surface area contributed by atoms with Crippen molar-refractivity contribution >= 4 is 17.3 Å². The highest BCUT2D eigenvalue weighted by Crippen LogP contribution is 2.27. The molecule has 0 radical (unpaired) electrons. The first kappa shape index (κ1) is 19.1. The highest BCUT2D eigenvalue weighted by Gasteiger charge is 2.21. The van der Waals surface area contributed by atoms with Crippen LogP contribution in [0.5, 0.6) is 5.75 Å². The molecule has 7 heteroatoms. The fourth-order valence-corrected chi connectivity index (χ4v) is 3.75. The Morgan fingerprint density at radius 1 is 1.10 bits per heavy atom. The van der Waals surface area contributed by atoms with Gasteiger partial charge in [-0.25, -0.2) is 9.98 Å². The van der Waals surface area contributed by atoms with Gasteiger partial charge in [-0.3, -0.25) is 0 Å². The van der Waals surface area contributed by atoms with Gasteiger partial charge in [-0.15, -0.1) is 0 Å². The number of aliphatic imine (C=N–C) groups is 1. The Balaban J connectivity index is 1.45. The van der Waals surface area contributed by atoms with Crippen molar-refractivity contribution in [1.29, 1.82) is 0 Å². The van der Waals surface area contributed by atoms with Gasteiger partial charge in [0.2, 0.25) is 0 Å². The summed E-state index contributed by atoms with van der Waals surface area (Å²) in [4.78, 5) is 14.0. The quantitative estimate of drug-likeness (QED) is 0.528. The van der Waals surface area contributed by atoms with E-state index in [0.717, 1.165) is 61.4 Å². The van der Waals surface area contributed by atoms with E-state index in [9.17, 15) is 5.11 Å². The number of pyridine rings is 1. The van der Waals surface area contributed by atoms with Crippen molar-refractivity contribution in [2.45, 2.75) is 20.4 Å². The Morgan fingerprint density at radius 3 is 2.62 bits per heavy atom. The summed E-state index contributed by atoms with van der Waals surface area (Å²) in [6.07, 6.45) is 2.06. The summed E-state index contributed by atoms with van der Waals surface area (Å²) in [7, 11) is 0. The molecular weight excluding hydrogens is 364 g/mol. The highest BCUT2D eigenvalue weighted by atomic mass is 16.3. The number of benzene rings is 1. The number of phenols is 1. The number of nitrogens with one attached hydrogen (secondary N) is 1. The maximum atomic E-state index is 10.1. The topological polar surface area (TPSA) is 68.4 Å². The molecule has 1 saturated heterocycles. The fourth-order valence-electron chi connectivity index (χ4n) is 3.75. The summed E-state index contributed by atoms with van der Waals surface area (Å²) in [6.45, 7) is 8.92. The number of para-hydroxylation sites is 2. The molecule has 0 bridgehead atoms. The number of aromatic nitrogens is 2. The average Bonchev–Trinajstić information content (AvgIpc) is 3.16. The van der Waals surface area contributed by atoms with Crippen molar-refractivity contribution in [3.8, 4) is 5.75 Å². The average molecular weight is 393 g/mol. The SMILES string of the molecule is CCNC(=NCc1cn2c(C)cccc2n1)N1CCN(c2ccccc2O)CC1. The van der Waals surface area contributed by atoms with Crippen molar-refractivity contribution in [2.75, 3.05) is 37.6 Å². The molecule has 1 aliphatic rings. The molecule has 0 saturated carbocycles. The number of aromatic hydroxyl groups is 1. The highest BCUT2D eigenvalue weighted by molar-refractivity contribution is 5.80. The van der Waals surface area contributed by atoms with Crippen LogP contribution in [0.15, 0.2) is 53.7 Å². The number of nitrogens with zero attached hydrogens (tertiary/aromatic N) is 5. The predicted molar refractivity (Wildman–Crippen MR) is 117 cm³/mol. The van der Waals surface area contributed by atoms with Crippen molar-refractivity contribution in [3.05, 3.63) is 60.0 Å². The van der Waals surface area contributed by atoms with E-state index >= 15 is 0 Å². The number of hydrogen-bond acceptors (Lipinski definition) is 4. The molecule has 0 unspecified atom stereocenters. The molecule has 7 nitrogen and oxygen atoms in total. The molecule has 2 N–H and O–H groups in total. The minimum Gasteiger partial charge on any atom is -0.506 e. The predicted octanol–water partition coefficient (Wildman–Crippen LogP) is 2.64. The van der Waals surface area contributed by atoms with Crippen LogP contribution in [0.1, 0.15) is 18.3 Å². The van der Waals surface area contributed by atoms with Gasteiger partial charge in [0.05, 0.1) is 17.9 Å². The standard InChI is InChI=1S/C22H28N6O/c1-3-23-22(24-15-18-16-28-17(2)7-6-10-21(28)25-18)27-13-11-26(12-14-27)19-8-4-5-9-20(19)29/h4-10,16,29H,3,11-15H2,1-2H3,(H,23,24). The molecule has 0 spiro atoms. The van der Waals surface area contributed by atoms with Gasteiger partial charge < -0.3 is 24.6 Å². The molecule has 4 rings (SSSR count). The third-order valence-corrected chi connectivity index (χ3v) is 5.27. The van der Waals surface area contributed by atoms with E-state index in [4.69, 9.17) is 4.99 Å². The molecule has 1 aliphatic heterocycles. The van der Waals surface area contributed by atoms with Crippen molar-refractivity contribution < 1.29 is 5.11 Å². The first-order chi connectivity index (χ1) is 14.2. The van der Waals surface area contributed by atoms with Gasteiger partial charge in [0.15, 0.2) is 5.96 Å². The van der Waals surface area contributed by atoms with Crippen LogP contribution in [0.3, 0.4) is 0 Å². The third-order valence-electron chi connectivity index (χ3n) is 5.27. The molecule has 2 aromatic heterocycles. The minimum atomic E-state index is 0.337. The molecule has 3 aromatic rings. The minimum absolute atomic E-state index is 0.337. The number of piperazine rings is 1. The maximum absolute atomic E-state index is 10.1. The largest absolute Gasteiger partial charge is 0.506 e. The van der Waals surface area contributed by atoms with Crippen LogP contribution in [0.4, 0.5) is 5.69 Å². The lowest BCUT2D eigenvalue weighted by Crippen LogP contribution is -2.52. The van der Waals surface area contributed by atoms with Gasteiger partial charge in [-0.05, 0) is 38.1 Å². The van der Waals surface area contributed by atoms with Gasteiger partial charge in [-0.1, -0.05) is 18.2 Å². The Labute approximate surface area is 171 Å². The lowest BCUT2D eigenvalue weighted by atomic mass is 10.2. The van der Waals surface area contributed by atoms with E-state index in [-0.39, 0.29) is 0 Å². The van der Waals surface area contributed by atoms with Crippen LogP contribution in [-0.4, -0.2) is 58.1 Å². The first-order valence-corrected chi connectivity index (χ1v) is 10.2. The second-order valence-corrected chi connectivity index (χ2v) is 7.26. The molecule has 1 fully saturated rings. The second-order valence-electron chi connectivity index (χ2n) is 7.26. The number of rotatable bonds is 4. The Bertz CT molecular complexity index is 1000. The zero-order chi connectivity index (χ0) is 20.2. The van der Waals surface area contributed by atoms with Crippen LogP contribution < -0.4 is 10.2 Å². The van der Waals surface area contributed by atoms with Gasteiger partial charge in [0.25, 0.3) is 0 Å². The molecule has 29 heavy (non-hydrogen) atoms. The summed E-state index contributed by atoms with van der Waals surface area (Å²) < 4.78 is 2.10. The zero-order valence-corrected chi connectivity index (χ0v) is 17.0. The summed E-state index contributed by atoms with van der Waals surface area (Å²) in [5.41, 5.74) is 3.98. The van der Waals surface area contributed by atoms with E-state index in [1.165, 1.54) is 0 Å². The van der Waals surface area contributed by atoms with Gasteiger partial charge in [0.1, 0.15) is 11.4 Å². The number of aryl methyl sites for hydroxylation is 1. The third kappa shape index (κ3) is 4.13. The molecule has 0 aliphatic carbocycles. The second kappa shape index (κ2) is 8.43. The molecule has 3 heterocycles. The van der Waals surface area contributed by atoms with Crippen molar-refractivity contribution in [2.24, 2.45) is 4.99 Å². The Kier molecular flexibility index (Phi) is 5.55. The number of imidazole rings is 1. The van der Waals surface area contributed by atoms with Crippen LogP contribution in [0.2, 0.25) is 0 Å². The number of hydrogen-bond donors (Lipinski definition) is 2. The van der Waals surface area contributed by atoms with E-state index in [1.807, 2.05) is 30.3 Å². The van der Waals surface area contributed by atoms with E-state index in [0.29, 0.717) is 12.3 Å². The van der Waals surface area contributed by atoms with Gasteiger partial charge in [0, 0.05) is 44.6 Å². The lowest BCUT2D eigenvalue weighted by molar-refractivity contribution is 0.369. The Hall–Kier alpha value is -3.22. The fraction of sp³-hybridized carbons (Fsp3) is 0.364. The van der Waals surface area contributed by atoms with Gasteiger partial charge in [-0.2, -0.15) is 0 Å². The van der Waals surface area contributed by atoms with Crippen LogP contribution in [0, 0.1) is 6.92 Å². The van der Waals surface area contributed by atoms with Crippen molar-refractivity contribution in [3.63, 3.8) is 0 Å². The normalized spacial score (nSPS) is 15.2. The number of anilines is 1. The molecule has 0 amide bonds. The van der Waals surface area contributed by atoms with Crippen LogP contribution in [-0.2, 0) is 6.54 Å². The molecule has 0 atom stereocenters. The van der Waals surface area contributed by atoms with E-state index < -0.39 is 0 Å². The summed E-state index contributed by atoms with van der Waals surface area (Å²) in [5.74, 6) is 1.25. The monoisotopic (exact) mass is 392 g/mol. The van der Waals surface area contributed by atoms with E-state index in [2.05, 4.69) is 50.6 Å². The summed E-state index contributed by atoms with van der Waals surface area (Å²) >= 11 is 0. The Morgan fingerprint density at radius 2 is 1.90 bits per heavy atom. The van der Waals surface area contributed by atoms with Gasteiger partial charge >= 0.3 is 0 Å². The lowest BCUT2D eigenvalue weighted by Gasteiger charge is -2.37. The maximum Gasteiger partial charge on any atom is 0.194 e. The number of fused-ring (bicyclic) bond motifs is 1.